The standard InChI is InChI=1S/C20H28N2O4/c21-6-1-9-24-15-4-7-22(8-5-15)20(23)17-13-16(17)14-2-3-18-19(12-14)26-11-10-25-18/h2-3,12,15-17H,1,4-11,13,21H2. The van der Waals surface area contributed by atoms with Gasteiger partial charge in [0.2, 0.25) is 5.91 Å². The molecule has 1 amide bonds. The van der Waals surface area contributed by atoms with Crippen molar-refractivity contribution in [1.82, 2.24) is 4.90 Å². The Balaban J connectivity index is 1.28. The van der Waals surface area contributed by atoms with Crippen LogP contribution >= 0.6 is 0 Å². The van der Waals surface area contributed by atoms with Crippen molar-refractivity contribution in [2.24, 2.45) is 11.7 Å². The molecule has 0 spiro atoms. The SMILES string of the molecule is NCCCOC1CCN(C(=O)C2CC2c2ccc3c(c2)OCCO3)CC1. The average molecular weight is 360 g/mol. The average Bonchev–Trinajstić information content (AvgIpc) is 3.49. The highest BCUT2D eigenvalue weighted by Gasteiger charge is 2.46. The van der Waals surface area contributed by atoms with Crippen LogP contribution in [0.2, 0.25) is 0 Å². The minimum Gasteiger partial charge on any atom is -0.486 e. The van der Waals surface area contributed by atoms with Crippen molar-refractivity contribution in [2.45, 2.75) is 37.7 Å². The molecule has 1 saturated heterocycles. The Bertz CT molecular complexity index is 643. The van der Waals surface area contributed by atoms with E-state index in [2.05, 4.69) is 6.07 Å². The molecule has 4 rings (SSSR count). The van der Waals surface area contributed by atoms with Crippen LogP contribution in [0.25, 0.3) is 0 Å². The van der Waals surface area contributed by atoms with Crippen LogP contribution in [-0.2, 0) is 9.53 Å². The minimum absolute atomic E-state index is 0.118. The largest absolute Gasteiger partial charge is 0.486 e. The quantitative estimate of drug-likeness (QED) is 0.785. The Labute approximate surface area is 154 Å². The highest BCUT2D eigenvalue weighted by molar-refractivity contribution is 5.83. The summed E-state index contributed by atoms with van der Waals surface area (Å²) in [7, 11) is 0. The normalized spacial score (nSPS) is 25.2. The fraction of sp³-hybridized carbons (Fsp3) is 0.650. The van der Waals surface area contributed by atoms with E-state index in [-0.39, 0.29) is 12.0 Å². The zero-order valence-corrected chi connectivity index (χ0v) is 15.2. The van der Waals surface area contributed by atoms with Crippen molar-refractivity contribution in [3.8, 4) is 11.5 Å². The number of ether oxygens (including phenoxy) is 3. The molecule has 1 aromatic rings. The van der Waals surface area contributed by atoms with Gasteiger partial charge in [0, 0.05) is 25.6 Å². The van der Waals surface area contributed by atoms with Gasteiger partial charge >= 0.3 is 0 Å². The van der Waals surface area contributed by atoms with E-state index in [1.54, 1.807) is 0 Å². The highest BCUT2D eigenvalue weighted by atomic mass is 16.6. The molecule has 0 radical (unpaired) electrons. The van der Waals surface area contributed by atoms with Crippen LogP contribution < -0.4 is 15.2 Å². The number of carbonyl (C=O) groups excluding carboxylic acids is 1. The molecule has 0 bridgehead atoms. The van der Waals surface area contributed by atoms with Crippen molar-refractivity contribution in [2.75, 3.05) is 39.5 Å². The molecule has 3 aliphatic rings. The second-order valence-electron chi connectivity index (χ2n) is 7.39. The fourth-order valence-corrected chi connectivity index (χ4v) is 3.94. The highest BCUT2D eigenvalue weighted by Crippen LogP contribution is 2.50. The van der Waals surface area contributed by atoms with Crippen LogP contribution in [-0.4, -0.2) is 56.4 Å². The summed E-state index contributed by atoms with van der Waals surface area (Å²) in [5.74, 6) is 2.34. The van der Waals surface area contributed by atoms with Gasteiger partial charge in [-0.3, -0.25) is 4.79 Å². The smallest absolute Gasteiger partial charge is 0.226 e. The summed E-state index contributed by atoms with van der Waals surface area (Å²) in [6, 6.07) is 6.08. The number of amides is 1. The van der Waals surface area contributed by atoms with Crippen LogP contribution in [0.15, 0.2) is 18.2 Å². The lowest BCUT2D eigenvalue weighted by Crippen LogP contribution is -2.42. The zero-order chi connectivity index (χ0) is 17.9. The summed E-state index contributed by atoms with van der Waals surface area (Å²) < 4.78 is 17.1. The predicted octanol–water partition coefficient (Wildman–Crippen LogP) is 1.92. The van der Waals surface area contributed by atoms with Gasteiger partial charge in [-0.05, 0) is 55.8 Å². The van der Waals surface area contributed by atoms with Crippen molar-refractivity contribution in [3.05, 3.63) is 23.8 Å². The van der Waals surface area contributed by atoms with Crippen molar-refractivity contribution < 1.29 is 19.0 Å². The van der Waals surface area contributed by atoms with Crippen LogP contribution in [0, 0.1) is 5.92 Å². The summed E-state index contributed by atoms with van der Waals surface area (Å²) in [5.41, 5.74) is 6.68. The Morgan fingerprint density at radius 3 is 2.73 bits per heavy atom. The molecule has 0 aromatic heterocycles. The Kier molecular flexibility index (Phi) is 5.31. The lowest BCUT2D eigenvalue weighted by atomic mass is 10.1. The minimum atomic E-state index is 0.118. The Morgan fingerprint density at radius 1 is 1.19 bits per heavy atom. The Morgan fingerprint density at radius 2 is 1.96 bits per heavy atom. The monoisotopic (exact) mass is 360 g/mol. The lowest BCUT2D eigenvalue weighted by molar-refractivity contribution is -0.135. The first-order valence-electron chi connectivity index (χ1n) is 9.76. The number of rotatable bonds is 6. The number of benzene rings is 1. The topological polar surface area (TPSA) is 74.0 Å². The van der Waals surface area contributed by atoms with Gasteiger partial charge in [-0.25, -0.2) is 0 Å². The third-order valence-electron chi connectivity index (χ3n) is 5.56. The Hall–Kier alpha value is -1.79. The molecule has 1 saturated carbocycles. The first kappa shape index (κ1) is 17.6. The molecule has 2 heterocycles. The van der Waals surface area contributed by atoms with Gasteiger partial charge in [0.05, 0.1) is 6.10 Å². The summed E-state index contributed by atoms with van der Waals surface area (Å²) in [5, 5.41) is 0. The maximum atomic E-state index is 12.8. The van der Waals surface area contributed by atoms with Gasteiger partial charge in [0.1, 0.15) is 13.2 Å². The molecule has 2 fully saturated rings. The van der Waals surface area contributed by atoms with Crippen LogP contribution in [0.3, 0.4) is 0 Å². The maximum absolute atomic E-state index is 12.8. The summed E-state index contributed by atoms with van der Waals surface area (Å²) in [6.07, 6.45) is 3.97. The molecule has 142 valence electrons. The lowest BCUT2D eigenvalue weighted by Gasteiger charge is -2.32. The van der Waals surface area contributed by atoms with Gasteiger partial charge in [0.25, 0.3) is 0 Å². The number of piperidine rings is 1. The number of hydrogen-bond acceptors (Lipinski definition) is 5. The summed E-state index contributed by atoms with van der Waals surface area (Å²) in [4.78, 5) is 14.8. The van der Waals surface area contributed by atoms with Gasteiger partial charge in [-0.2, -0.15) is 0 Å². The molecular formula is C20H28N2O4. The molecule has 26 heavy (non-hydrogen) atoms. The second-order valence-corrected chi connectivity index (χ2v) is 7.39. The summed E-state index contributed by atoms with van der Waals surface area (Å²) in [6.45, 7) is 4.19. The molecule has 1 aliphatic carbocycles. The molecule has 6 nitrogen and oxygen atoms in total. The van der Waals surface area contributed by atoms with Gasteiger partial charge in [-0.1, -0.05) is 6.07 Å². The molecular weight excluding hydrogens is 332 g/mol. The van der Waals surface area contributed by atoms with Crippen molar-refractivity contribution in [3.63, 3.8) is 0 Å². The molecule has 2 aliphatic heterocycles. The van der Waals surface area contributed by atoms with Crippen LogP contribution in [0.1, 0.15) is 37.2 Å². The van der Waals surface area contributed by atoms with E-state index in [9.17, 15) is 4.79 Å². The molecule has 2 unspecified atom stereocenters. The summed E-state index contributed by atoms with van der Waals surface area (Å²) >= 11 is 0. The van der Waals surface area contributed by atoms with Crippen LogP contribution in [0.4, 0.5) is 0 Å². The number of nitrogens with two attached hydrogens (primary N) is 1. The third-order valence-corrected chi connectivity index (χ3v) is 5.56. The number of carbonyl (C=O) groups is 1. The van der Waals surface area contributed by atoms with Crippen molar-refractivity contribution >= 4 is 5.91 Å². The molecule has 1 aromatic carbocycles. The molecule has 2 atom stereocenters. The van der Waals surface area contributed by atoms with Gasteiger partial charge in [0.15, 0.2) is 11.5 Å². The van der Waals surface area contributed by atoms with E-state index in [4.69, 9.17) is 19.9 Å². The number of hydrogen-bond donors (Lipinski definition) is 1. The first-order chi connectivity index (χ1) is 12.8. The van der Waals surface area contributed by atoms with E-state index >= 15 is 0 Å². The molecule has 6 heteroatoms. The third kappa shape index (κ3) is 3.81. The zero-order valence-electron chi connectivity index (χ0n) is 15.2. The number of likely N-dealkylation sites (tertiary alicyclic amines) is 1. The van der Waals surface area contributed by atoms with E-state index in [1.807, 2.05) is 17.0 Å². The first-order valence-corrected chi connectivity index (χ1v) is 9.76. The van der Waals surface area contributed by atoms with Crippen LogP contribution in [0.5, 0.6) is 11.5 Å². The maximum Gasteiger partial charge on any atom is 0.226 e. The van der Waals surface area contributed by atoms with E-state index < -0.39 is 0 Å². The van der Waals surface area contributed by atoms with E-state index in [0.29, 0.717) is 31.6 Å². The van der Waals surface area contributed by atoms with Gasteiger partial charge in [-0.15, -0.1) is 0 Å². The number of nitrogens with zero attached hydrogens (tertiary/aromatic N) is 1. The van der Waals surface area contributed by atoms with E-state index in [1.165, 1.54) is 5.56 Å². The van der Waals surface area contributed by atoms with Gasteiger partial charge < -0.3 is 24.8 Å². The number of fused-ring (bicyclic) bond motifs is 1. The fourth-order valence-electron chi connectivity index (χ4n) is 3.94. The molecule has 2 N–H and O–H groups in total. The van der Waals surface area contributed by atoms with Crippen molar-refractivity contribution in [1.29, 1.82) is 0 Å². The van der Waals surface area contributed by atoms with E-state index in [0.717, 1.165) is 56.9 Å². The second kappa shape index (κ2) is 7.84. The predicted molar refractivity (Wildman–Crippen MR) is 97.5 cm³/mol.